The van der Waals surface area contributed by atoms with Crippen molar-refractivity contribution in [1.29, 1.82) is 0 Å². The molecule has 0 aliphatic heterocycles. The first-order chi connectivity index (χ1) is 8.45. The Hall–Kier alpha value is -0.200. The predicted molar refractivity (Wildman–Crippen MR) is 79.0 cm³/mol. The van der Waals surface area contributed by atoms with Crippen LogP contribution in [-0.4, -0.2) is 35.5 Å². The van der Waals surface area contributed by atoms with Crippen molar-refractivity contribution in [2.45, 2.75) is 63.7 Å². The topological polar surface area (TPSA) is 63.4 Å². The summed E-state index contributed by atoms with van der Waals surface area (Å²) in [5.74, 6) is 0. The predicted octanol–water partition coefficient (Wildman–Crippen LogP) is 2.04. The van der Waals surface area contributed by atoms with E-state index in [0.29, 0.717) is 13.0 Å². The quantitative estimate of drug-likeness (QED) is 0.761. The Morgan fingerprint density at radius 3 is 2.28 bits per heavy atom. The summed E-state index contributed by atoms with van der Waals surface area (Å²) in [6.07, 6.45) is 5.80. The first-order valence-electron chi connectivity index (χ1n) is 6.75. The van der Waals surface area contributed by atoms with Gasteiger partial charge in [-0.15, -0.1) is 0 Å². The number of rotatable bonds is 6. The third-order valence-electron chi connectivity index (χ3n) is 3.67. The summed E-state index contributed by atoms with van der Waals surface area (Å²) in [6, 6.07) is 0.136. The SMILES string of the molecule is CCC(C(N)=S)S(=O)(=O)N(CC)C1CCCCC1. The summed E-state index contributed by atoms with van der Waals surface area (Å²) in [4.78, 5) is 0.0896. The summed E-state index contributed by atoms with van der Waals surface area (Å²) in [5, 5.41) is -0.714. The lowest BCUT2D eigenvalue weighted by molar-refractivity contribution is 0.260. The van der Waals surface area contributed by atoms with Crippen molar-refractivity contribution in [3.63, 3.8) is 0 Å². The number of hydrogen-bond acceptors (Lipinski definition) is 3. The minimum atomic E-state index is -3.40. The van der Waals surface area contributed by atoms with E-state index in [1.165, 1.54) is 6.42 Å². The zero-order valence-corrected chi connectivity index (χ0v) is 12.9. The van der Waals surface area contributed by atoms with Gasteiger partial charge >= 0.3 is 0 Å². The molecule has 0 spiro atoms. The highest BCUT2D eigenvalue weighted by atomic mass is 32.2. The van der Waals surface area contributed by atoms with Gasteiger partial charge < -0.3 is 5.73 Å². The van der Waals surface area contributed by atoms with Gasteiger partial charge in [-0.1, -0.05) is 45.3 Å². The van der Waals surface area contributed by atoms with Crippen molar-refractivity contribution in [3.8, 4) is 0 Å². The largest absolute Gasteiger partial charge is 0.392 e. The van der Waals surface area contributed by atoms with Crippen LogP contribution in [0.4, 0.5) is 0 Å². The van der Waals surface area contributed by atoms with Crippen LogP contribution in [0.3, 0.4) is 0 Å². The number of nitrogens with two attached hydrogens (primary N) is 1. The van der Waals surface area contributed by atoms with Crippen molar-refractivity contribution >= 4 is 27.2 Å². The van der Waals surface area contributed by atoms with Gasteiger partial charge in [-0.2, -0.15) is 4.31 Å². The molecular formula is C12H24N2O2S2. The van der Waals surface area contributed by atoms with Crippen LogP contribution in [0.2, 0.25) is 0 Å². The molecule has 106 valence electrons. The van der Waals surface area contributed by atoms with E-state index in [1.54, 1.807) is 4.31 Å². The fraction of sp³-hybridized carbons (Fsp3) is 0.917. The zero-order valence-electron chi connectivity index (χ0n) is 11.3. The number of thiocarbonyl (C=S) groups is 1. The second-order valence-corrected chi connectivity index (χ2v) is 7.38. The molecule has 6 heteroatoms. The molecule has 1 unspecified atom stereocenters. The lowest BCUT2D eigenvalue weighted by Gasteiger charge is -2.34. The highest BCUT2D eigenvalue weighted by molar-refractivity contribution is 7.92. The van der Waals surface area contributed by atoms with Crippen LogP contribution in [0.5, 0.6) is 0 Å². The van der Waals surface area contributed by atoms with Crippen molar-refractivity contribution in [1.82, 2.24) is 4.31 Å². The van der Waals surface area contributed by atoms with Crippen molar-refractivity contribution in [2.24, 2.45) is 5.73 Å². The van der Waals surface area contributed by atoms with Gasteiger partial charge in [0.25, 0.3) is 0 Å². The highest BCUT2D eigenvalue weighted by Gasteiger charge is 2.36. The first kappa shape index (κ1) is 15.9. The van der Waals surface area contributed by atoms with E-state index in [2.05, 4.69) is 0 Å². The average Bonchev–Trinajstić information content (AvgIpc) is 2.30. The lowest BCUT2D eigenvalue weighted by atomic mass is 9.95. The fourth-order valence-electron chi connectivity index (χ4n) is 2.74. The monoisotopic (exact) mass is 292 g/mol. The van der Waals surface area contributed by atoms with Gasteiger partial charge in [-0.3, -0.25) is 0 Å². The normalized spacial score (nSPS) is 19.9. The summed E-state index contributed by atoms with van der Waals surface area (Å²) < 4.78 is 26.8. The molecule has 0 heterocycles. The molecule has 0 amide bonds. The van der Waals surface area contributed by atoms with Gasteiger partial charge in [0.1, 0.15) is 5.25 Å². The van der Waals surface area contributed by atoms with Gasteiger partial charge in [-0.25, -0.2) is 8.42 Å². The molecule has 4 nitrogen and oxygen atoms in total. The van der Waals surface area contributed by atoms with Crippen molar-refractivity contribution in [2.75, 3.05) is 6.54 Å². The molecule has 1 saturated carbocycles. The lowest BCUT2D eigenvalue weighted by Crippen LogP contribution is -2.49. The molecular weight excluding hydrogens is 268 g/mol. The Morgan fingerprint density at radius 2 is 1.89 bits per heavy atom. The van der Waals surface area contributed by atoms with Crippen LogP contribution >= 0.6 is 12.2 Å². The van der Waals surface area contributed by atoms with Gasteiger partial charge in [-0.05, 0) is 19.3 Å². The van der Waals surface area contributed by atoms with Crippen molar-refractivity contribution < 1.29 is 8.42 Å². The molecule has 1 aliphatic carbocycles. The maximum absolute atomic E-state index is 12.6. The Labute approximate surface area is 116 Å². The van der Waals surface area contributed by atoms with Crippen LogP contribution in [0.1, 0.15) is 52.4 Å². The van der Waals surface area contributed by atoms with Gasteiger partial charge in [0.2, 0.25) is 10.0 Å². The molecule has 18 heavy (non-hydrogen) atoms. The van der Waals surface area contributed by atoms with E-state index >= 15 is 0 Å². The molecule has 1 rings (SSSR count). The maximum atomic E-state index is 12.6. The summed E-state index contributed by atoms with van der Waals surface area (Å²) in [5.41, 5.74) is 5.58. The number of hydrogen-bond donors (Lipinski definition) is 1. The van der Waals surface area contributed by atoms with Crippen LogP contribution in [0, 0.1) is 0 Å². The second kappa shape index (κ2) is 6.82. The van der Waals surface area contributed by atoms with E-state index in [-0.39, 0.29) is 11.0 Å². The molecule has 0 aromatic rings. The Bertz CT molecular complexity index is 376. The standard InChI is InChI=1S/C12H24N2O2S2/c1-3-11(12(13)17)18(15,16)14(4-2)10-8-6-5-7-9-10/h10-11H,3-9H2,1-2H3,(H2,13,17). The second-order valence-electron chi connectivity index (χ2n) is 4.84. The molecule has 0 bridgehead atoms. The number of sulfonamides is 1. The summed E-state index contributed by atoms with van der Waals surface area (Å²) in [7, 11) is -3.40. The molecule has 1 fully saturated rings. The van der Waals surface area contributed by atoms with Gasteiger partial charge in [0.15, 0.2) is 0 Å². The third kappa shape index (κ3) is 3.42. The van der Waals surface area contributed by atoms with Crippen LogP contribution in [0.15, 0.2) is 0 Å². The smallest absolute Gasteiger partial charge is 0.223 e. The summed E-state index contributed by atoms with van der Waals surface area (Å²) in [6.45, 7) is 4.21. The molecule has 1 aliphatic rings. The minimum Gasteiger partial charge on any atom is -0.392 e. The van der Waals surface area contributed by atoms with E-state index < -0.39 is 15.3 Å². The van der Waals surface area contributed by atoms with Crippen molar-refractivity contribution in [3.05, 3.63) is 0 Å². The third-order valence-corrected chi connectivity index (χ3v) is 6.62. The zero-order chi connectivity index (χ0) is 13.8. The summed E-state index contributed by atoms with van der Waals surface area (Å²) >= 11 is 4.90. The Kier molecular flexibility index (Phi) is 6.01. The Balaban J connectivity index is 2.94. The minimum absolute atomic E-state index is 0.0896. The Morgan fingerprint density at radius 1 is 1.33 bits per heavy atom. The van der Waals surface area contributed by atoms with Gasteiger partial charge in [0.05, 0.1) is 4.99 Å². The van der Waals surface area contributed by atoms with Crippen LogP contribution in [-0.2, 0) is 10.0 Å². The molecule has 0 saturated heterocycles. The first-order valence-corrected chi connectivity index (χ1v) is 8.66. The van der Waals surface area contributed by atoms with E-state index in [0.717, 1.165) is 25.7 Å². The maximum Gasteiger partial charge on any atom is 0.223 e. The number of nitrogens with zero attached hydrogens (tertiary/aromatic N) is 1. The molecule has 1 atom stereocenters. The average molecular weight is 292 g/mol. The molecule has 0 aromatic carbocycles. The molecule has 0 radical (unpaired) electrons. The highest BCUT2D eigenvalue weighted by Crippen LogP contribution is 2.26. The van der Waals surface area contributed by atoms with E-state index in [1.807, 2.05) is 13.8 Å². The van der Waals surface area contributed by atoms with E-state index in [9.17, 15) is 8.42 Å². The molecule has 2 N–H and O–H groups in total. The molecule has 0 aromatic heterocycles. The van der Waals surface area contributed by atoms with Crippen LogP contribution < -0.4 is 5.73 Å². The fourth-order valence-corrected chi connectivity index (χ4v) is 5.30. The van der Waals surface area contributed by atoms with E-state index in [4.69, 9.17) is 18.0 Å². The van der Waals surface area contributed by atoms with Gasteiger partial charge in [0, 0.05) is 12.6 Å². The van der Waals surface area contributed by atoms with Crippen LogP contribution in [0.25, 0.3) is 0 Å².